The van der Waals surface area contributed by atoms with Crippen LogP contribution in [0.5, 0.6) is 0 Å². The topological polar surface area (TPSA) is 26.0 Å². The van der Waals surface area contributed by atoms with E-state index in [0.717, 1.165) is 24.8 Å². The van der Waals surface area contributed by atoms with E-state index in [1.165, 1.54) is 18.6 Å². The van der Waals surface area contributed by atoms with Crippen molar-refractivity contribution in [3.8, 4) is 0 Å². The molecule has 2 atom stereocenters. The third-order valence-corrected chi connectivity index (χ3v) is 4.40. The summed E-state index contributed by atoms with van der Waals surface area (Å²) in [5.74, 6) is -0.298. The Hall–Kier alpha value is -0.960. The maximum atomic E-state index is 13.2. The third kappa shape index (κ3) is 3.53. The number of hydrogen-bond donors (Lipinski definition) is 1. The van der Waals surface area contributed by atoms with Gasteiger partial charge in [-0.05, 0) is 48.8 Å². The van der Waals surface area contributed by atoms with Gasteiger partial charge in [-0.15, -0.1) is 0 Å². The zero-order chi connectivity index (χ0) is 14.0. The first kappa shape index (κ1) is 14.4. The monoisotopic (exact) mass is 267 g/mol. The molecule has 0 spiro atoms. The molecule has 2 N–H and O–H groups in total. The molecular formula is C16H23F2N. The van der Waals surface area contributed by atoms with Gasteiger partial charge in [0.1, 0.15) is 0 Å². The van der Waals surface area contributed by atoms with Gasteiger partial charge in [0, 0.05) is 5.54 Å². The van der Waals surface area contributed by atoms with Crippen molar-refractivity contribution in [3.63, 3.8) is 0 Å². The smallest absolute Gasteiger partial charge is 0.159 e. The van der Waals surface area contributed by atoms with Crippen molar-refractivity contribution in [1.82, 2.24) is 0 Å². The molecule has 1 aliphatic rings. The van der Waals surface area contributed by atoms with E-state index >= 15 is 0 Å². The summed E-state index contributed by atoms with van der Waals surface area (Å²) in [7, 11) is 0. The highest BCUT2D eigenvalue weighted by molar-refractivity contribution is 5.20. The number of rotatable bonds is 3. The lowest BCUT2D eigenvalue weighted by Gasteiger charge is -2.40. The second-order valence-corrected chi connectivity index (χ2v) is 6.39. The molecule has 1 aromatic rings. The second kappa shape index (κ2) is 5.58. The Bertz CT molecular complexity index is 444. The van der Waals surface area contributed by atoms with Gasteiger partial charge in [0.05, 0.1) is 0 Å². The standard InChI is InChI=1S/C16H23F2N/c1-11(2)13-4-3-7-16(19,10-13)9-12-5-6-14(17)15(18)8-12/h5-6,8,11,13H,3-4,7,9-10,19H2,1-2H3. The molecule has 2 rings (SSSR count). The zero-order valence-corrected chi connectivity index (χ0v) is 11.8. The van der Waals surface area contributed by atoms with E-state index in [9.17, 15) is 8.78 Å². The van der Waals surface area contributed by atoms with Crippen LogP contribution in [-0.4, -0.2) is 5.54 Å². The summed E-state index contributed by atoms with van der Waals surface area (Å²) in [6.45, 7) is 4.46. The highest BCUT2D eigenvalue weighted by atomic mass is 19.2. The van der Waals surface area contributed by atoms with Crippen LogP contribution in [-0.2, 0) is 6.42 Å². The Morgan fingerprint density at radius 1 is 1.32 bits per heavy atom. The summed E-state index contributed by atoms with van der Waals surface area (Å²) in [4.78, 5) is 0. The molecule has 3 heteroatoms. The fourth-order valence-corrected chi connectivity index (χ4v) is 3.23. The van der Waals surface area contributed by atoms with Crippen molar-refractivity contribution in [1.29, 1.82) is 0 Å². The molecule has 0 saturated heterocycles. The predicted octanol–water partition coefficient (Wildman–Crippen LogP) is 4.05. The zero-order valence-electron chi connectivity index (χ0n) is 11.8. The van der Waals surface area contributed by atoms with Crippen LogP contribution < -0.4 is 5.73 Å². The molecule has 1 aromatic carbocycles. The normalized spacial score (nSPS) is 27.8. The van der Waals surface area contributed by atoms with E-state index in [2.05, 4.69) is 13.8 Å². The molecule has 0 aliphatic heterocycles. The Balaban J connectivity index is 2.09. The van der Waals surface area contributed by atoms with E-state index in [-0.39, 0.29) is 5.54 Å². The van der Waals surface area contributed by atoms with E-state index in [1.807, 2.05) is 0 Å². The Morgan fingerprint density at radius 2 is 2.05 bits per heavy atom. The summed E-state index contributed by atoms with van der Waals surface area (Å²) in [5, 5.41) is 0. The number of benzene rings is 1. The Labute approximate surface area is 114 Å². The number of halogens is 2. The summed E-state index contributed by atoms with van der Waals surface area (Å²) in [6.07, 6.45) is 4.93. The molecule has 19 heavy (non-hydrogen) atoms. The van der Waals surface area contributed by atoms with Crippen molar-refractivity contribution in [2.45, 2.75) is 51.5 Å². The number of nitrogens with two attached hydrogens (primary N) is 1. The molecular weight excluding hydrogens is 244 g/mol. The highest BCUT2D eigenvalue weighted by Crippen LogP contribution is 2.36. The molecule has 1 aliphatic carbocycles. The van der Waals surface area contributed by atoms with Gasteiger partial charge < -0.3 is 5.73 Å². The van der Waals surface area contributed by atoms with Gasteiger partial charge in [-0.1, -0.05) is 32.8 Å². The van der Waals surface area contributed by atoms with Crippen LogP contribution in [0.25, 0.3) is 0 Å². The SMILES string of the molecule is CC(C)C1CCCC(N)(Cc2ccc(F)c(F)c2)C1. The summed E-state index contributed by atoms with van der Waals surface area (Å²) in [5.41, 5.74) is 7.02. The van der Waals surface area contributed by atoms with Gasteiger partial charge in [0.2, 0.25) is 0 Å². The van der Waals surface area contributed by atoms with Crippen LogP contribution in [0.1, 0.15) is 45.1 Å². The average Bonchev–Trinajstić information content (AvgIpc) is 2.33. The molecule has 2 unspecified atom stereocenters. The van der Waals surface area contributed by atoms with Crippen molar-refractivity contribution in [2.75, 3.05) is 0 Å². The molecule has 0 radical (unpaired) electrons. The molecule has 0 heterocycles. The summed E-state index contributed by atoms with van der Waals surface area (Å²) in [6, 6.07) is 4.12. The molecule has 106 valence electrons. The van der Waals surface area contributed by atoms with Gasteiger partial charge in [-0.2, -0.15) is 0 Å². The lowest BCUT2D eigenvalue weighted by molar-refractivity contribution is 0.182. The van der Waals surface area contributed by atoms with Crippen LogP contribution >= 0.6 is 0 Å². The van der Waals surface area contributed by atoms with Gasteiger partial charge >= 0.3 is 0 Å². The van der Waals surface area contributed by atoms with Crippen LogP contribution in [0.15, 0.2) is 18.2 Å². The lowest BCUT2D eigenvalue weighted by Crippen LogP contribution is -2.47. The molecule has 1 saturated carbocycles. The van der Waals surface area contributed by atoms with E-state index < -0.39 is 11.6 Å². The van der Waals surface area contributed by atoms with E-state index in [4.69, 9.17) is 5.73 Å². The highest BCUT2D eigenvalue weighted by Gasteiger charge is 2.34. The molecule has 0 bridgehead atoms. The third-order valence-electron chi connectivity index (χ3n) is 4.40. The van der Waals surface area contributed by atoms with Crippen LogP contribution in [0.2, 0.25) is 0 Å². The lowest BCUT2D eigenvalue weighted by atomic mass is 9.70. The second-order valence-electron chi connectivity index (χ2n) is 6.39. The summed E-state index contributed by atoms with van der Waals surface area (Å²) >= 11 is 0. The van der Waals surface area contributed by atoms with Gasteiger partial charge in [-0.25, -0.2) is 8.78 Å². The fraction of sp³-hybridized carbons (Fsp3) is 0.625. The minimum atomic E-state index is -0.793. The van der Waals surface area contributed by atoms with Crippen LogP contribution in [0, 0.1) is 23.5 Å². The molecule has 0 amide bonds. The Kier molecular flexibility index (Phi) is 4.24. The van der Waals surface area contributed by atoms with Gasteiger partial charge in [0.25, 0.3) is 0 Å². The van der Waals surface area contributed by atoms with Gasteiger partial charge in [0.15, 0.2) is 11.6 Å². The quantitative estimate of drug-likeness (QED) is 0.878. The summed E-state index contributed by atoms with van der Waals surface area (Å²) < 4.78 is 26.2. The van der Waals surface area contributed by atoms with Crippen molar-refractivity contribution in [3.05, 3.63) is 35.4 Å². The Morgan fingerprint density at radius 3 is 2.68 bits per heavy atom. The predicted molar refractivity (Wildman–Crippen MR) is 73.8 cm³/mol. The van der Waals surface area contributed by atoms with E-state index in [1.54, 1.807) is 6.07 Å². The van der Waals surface area contributed by atoms with Crippen molar-refractivity contribution >= 4 is 0 Å². The van der Waals surface area contributed by atoms with Crippen molar-refractivity contribution < 1.29 is 8.78 Å². The minimum absolute atomic E-state index is 0.266. The minimum Gasteiger partial charge on any atom is -0.325 e. The molecule has 0 aromatic heterocycles. The first-order valence-electron chi connectivity index (χ1n) is 7.12. The van der Waals surface area contributed by atoms with Crippen LogP contribution in [0.4, 0.5) is 8.78 Å². The molecule has 1 nitrogen and oxygen atoms in total. The number of hydrogen-bond acceptors (Lipinski definition) is 1. The van der Waals surface area contributed by atoms with Crippen molar-refractivity contribution in [2.24, 2.45) is 17.6 Å². The maximum Gasteiger partial charge on any atom is 0.159 e. The first-order valence-corrected chi connectivity index (χ1v) is 7.12. The van der Waals surface area contributed by atoms with Crippen LogP contribution in [0.3, 0.4) is 0 Å². The average molecular weight is 267 g/mol. The maximum absolute atomic E-state index is 13.2. The largest absolute Gasteiger partial charge is 0.325 e. The molecule has 1 fully saturated rings. The fourth-order valence-electron chi connectivity index (χ4n) is 3.23. The first-order chi connectivity index (χ1) is 8.89. The van der Waals surface area contributed by atoms with Gasteiger partial charge in [-0.3, -0.25) is 0 Å². The van der Waals surface area contributed by atoms with E-state index in [0.29, 0.717) is 18.3 Å².